The van der Waals surface area contributed by atoms with Gasteiger partial charge in [-0.3, -0.25) is 9.48 Å². The molecule has 8 heteroatoms. The zero-order valence-corrected chi connectivity index (χ0v) is 15.0. The van der Waals surface area contributed by atoms with E-state index in [1.165, 1.54) is 12.1 Å². The zero-order valence-electron chi connectivity index (χ0n) is 15.0. The Hall–Kier alpha value is -2.74. The third-order valence-electron chi connectivity index (χ3n) is 4.86. The number of hydrogen-bond acceptors (Lipinski definition) is 4. The van der Waals surface area contributed by atoms with E-state index in [9.17, 15) is 9.18 Å². The highest BCUT2D eigenvalue weighted by molar-refractivity contribution is 5.76. The Kier molecular flexibility index (Phi) is 5.15. The second kappa shape index (κ2) is 7.87. The van der Waals surface area contributed by atoms with Crippen LogP contribution in [0, 0.1) is 5.82 Å². The first kappa shape index (κ1) is 17.7. The van der Waals surface area contributed by atoms with Crippen LogP contribution in [0.1, 0.15) is 30.3 Å². The van der Waals surface area contributed by atoms with Gasteiger partial charge in [-0.1, -0.05) is 0 Å². The van der Waals surface area contributed by atoms with Gasteiger partial charge >= 0.3 is 0 Å². The standard InChI is InChI=1S/C19H23FN6O/c20-14-3-4-16-17(10-14)24-18(23-16)5-8-22-19(27)12-26-9-6-15(25-26)13-2-1-7-21-11-13/h3-4,6,9-10,13,21H,1-2,5,7-8,11-12H2,(H,22,27)(H,23,24). The molecule has 1 saturated heterocycles. The van der Waals surface area contributed by atoms with Crippen molar-refractivity contribution in [3.8, 4) is 0 Å². The molecule has 2 aromatic heterocycles. The molecular formula is C19H23FN6O. The molecular weight excluding hydrogens is 347 g/mol. The SMILES string of the molecule is O=C(Cn1ccc(C2CCCNC2)n1)NCCc1nc2ccc(F)cc2[nH]1. The fourth-order valence-corrected chi connectivity index (χ4v) is 3.46. The van der Waals surface area contributed by atoms with Crippen molar-refractivity contribution >= 4 is 16.9 Å². The Bertz CT molecular complexity index is 927. The number of rotatable bonds is 6. The average Bonchev–Trinajstić information content (AvgIpc) is 3.28. The highest BCUT2D eigenvalue weighted by atomic mass is 19.1. The van der Waals surface area contributed by atoms with Gasteiger partial charge in [0.05, 0.1) is 16.7 Å². The highest BCUT2D eigenvalue weighted by Crippen LogP contribution is 2.21. The third-order valence-corrected chi connectivity index (χ3v) is 4.86. The minimum atomic E-state index is -0.298. The summed E-state index contributed by atoms with van der Waals surface area (Å²) in [4.78, 5) is 19.6. The maximum absolute atomic E-state index is 13.2. The van der Waals surface area contributed by atoms with Crippen LogP contribution in [-0.2, 0) is 17.8 Å². The quantitative estimate of drug-likeness (QED) is 0.617. The van der Waals surface area contributed by atoms with E-state index in [1.807, 2.05) is 12.3 Å². The molecule has 4 rings (SSSR count). The van der Waals surface area contributed by atoms with E-state index < -0.39 is 0 Å². The Labute approximate surface area is 156 Å². The predicted molar refractivity (Wildman–Crippen MR) is 99.8 cm³/mol. The highest BCUT2D eigenvalue weighted by Gasteiger charge is 2.17. The summed E-state index contributed by atoms with van der Waals surface area (Å²) >= 11 is 0. The minimum Gasteiger partial charge on any atom is -0.354 e. The van der Waals surface area contributed by atoms with Crippen LogP contribution >= 0.6 is 0 Å². The molecule has 1 aromatic carbocycles. The molecule has 7 nitrogen and oxygen atoms in total. The number of aromatic nitrogens is 4. The van der Waals surface area contributed by atoms with Crippen molar-refractivity contribution in [1.29, 1.82) is 0 Å². The first-order valence-corrected chi connectivity index (χ1v) is 9.32. The number of imidazole rings is 1. The average molecular weight is 370 g/mol. The molecule has 1 aliphatic heterocycles. The number of aromatic amines is 1. The molecule has 0 aliphatic carbocycles. The van der Waals surface area contributed by atoms with Crippen molar-refractivity contribution in [3.05, 3.63) is 47.8 Å². The number of nitrogens with one attached hydrogen (secondary N) is 3. The van der Waals surface area contributed by atoms with E-state index in [1.54, 1.807) is 10.7 Å². The molecule has 27 heavy (non-hydrogen) atoms. The molecule has 0 bridgehead atoms. The lowest BCUT2D eigenvalue weighted by Crippen LogP contribution is -2.30. The molecule has 1 unspecified atom stereocenters. The lowest BCUT2D eigenvalue weighted by Gasteiger charge is -2.20. The smallest absolute Gasteiger partial charge is 0.241 e. The maximum atomic E-state index is 13.2. The van der Waals surface area contributed by atoms with Crippen molar-refractivity contribution in [3.63, 3.8) is 0 Å². The molecule has 0 saturated carbocycles. The number of carbonyl (C=O) groups excluding carboxylic acids is 1. The number of fused-ring (bicyclic) bond motifs is 1. The first-order chi connectivity index (χ1) is 13.2. The number of piperidine rings is 1. The number of halogens is 1. The second-order valence-corrected chi connectivity index (χ2v) is 6.93. The van der Waals surface area contributed by atoms with Gasteiger partial charge in [0.15, 0.2) is 0 Å². The van der Waals surface area contributed by atoms with Crippen LogP contribution in [0.5, 0.6) is 0 Å². The number of hydrogen-bond donors (Lipinski definition) is 3. The van der Waals surface area contributed by atoms with Crippen LogP contribution in [0.4, 0.5) is 4.39 Å². The number of carbonyl (C=O) groups is 1. The number of H-pyrrole nitrogens is 1. The molecule has 1 amide bonds. The summed E-state index contributed by atoms with van der Waals surface area (Å²) in [5.74, 6) is 0.769. The third kappa shape index (κ3) is 4.33. The van der Waals surface area contributed by atoms with Crippen LogP contribution in [0.2, 0.25) is 0 Å². The van der Waals surface area contributed by atoms with Crippen LogP contribution in [0.25, 0.3) is 11.0 Å². The van der Waals surface area contributed by atoms with Gasteiger partial charge in [0.1, 0.15) is 18.2 Å². The molecule has 3 N–H and O–H groups in total. The summed E-state index contributed by atoms with van der Waals surface area (Å²) in [6.07, 6.45) is 4.71. The summed E-state index contributed by atoms with van der Waals surface area (Å²) in [6.45, 7) is 2.68. The van der Waals surface area contributed by atoms with E-state index in [0.29, 0.717) is 24.4 Å². The summed E-state index contributed by atoms with van der Waals surface area (Å²) in [5, 5.41) is 10.8. The number of amides is 1. The normalized spacial score (nSPS) is 17.3. The van der Waals surface area contributed by atoms with E-state index in [-0.39, 0.29) is 18.3 Å². The van der Waals surface area contributed by atoms with Gasteiger partial charge < -0.3 is 15.6 Å². The molecule has 3 heterocycles. The van der Waals surface area contributed by atoms with Gasteiger partial charge in [-0.2, -0.15) is 5.10 Å². The zero-order chi connectivity index (χ0) is 18.6. The van der Waals surface area contributed by atoms with Gasteiger partial charge in [0.2, 0.25) is 5.91 Å². The van der Waals surface area contributed by atoms with Crippen molar-refractivity contribution < 1.29 is 9.18 Å². The molecule has 142 valence electrons. The van der Waals surface area contributed by atoms with Crippen LogP contribution in [0.15, 0.2) is 30.5 Å². The molecule has 3 aromatic rings. The molecule has 0 radical (unpaired) electrons. The van der Waals surface area contributed by atoms with E-state index >= 15 is 0 Å². The Morgan fingerprint density at radius 1 is 1.37 bits per heavy atom. The molecule has 1 atom stereocenters. The van der Waals surface area contributed by atoms with E-state index in [0.717, 1.165) is 43.0 Å². The van der Waals surface area contributed by atoms with Crippen molar-refractivity contribution in [1.82, 2.24) is 30.4 Å². The van der Waals surface area contributed by atoms with E-state index in [2.05, 4.69) is 25.7 Å². The van der Waals surface area contributed by atoms with Crippen molar-refractivity contribution in [2.75, 3.05) is 19.6 Å². The summed E-state index contributed by atoms with van der Waals surface area (Å²) in [6, 6.07) is 6.44. The first-order valence-electron chi connectivity index (χ1n) is 9.32. The number of benzene rings is 1. The maximum Gasteiger partial charge on any atom is 0.241 e. The van der Waals surface area contributed by atoms with Crippen LogP contribution in [-0.4, -0.2) is 45.3 Å². The van der Waals surface area contributed by atoms with Crippen molar-refractivity contribution in [2.45, 2.75) is 31.7 Å². The summed E-state index contributed by atoms with van der Waals surface area (Å²) in [7, 11) is 0. The van der Waals surface area contributed by atoms with Gasteiger partial charge in [-0.05, 0) is 43.7 Å². The lowest BCUT2D eigenvalue weighted by atomic mass is 9.97. The predicted octanol–water partition coefficient (Wildman–Crippen LogP) is 1.72. The minimum absolute atomic E-state index is 0.0893. The van der Waals surface area contributed by atoms with Gasteiger partial charge in [-0.25, -0.2) is 9.37 Å². The summed E-state index contributed by atoms with van der Waals surface area (Å²) in [5.41, 5.74) is 2.43. The Morgan fingerprint density at radius 3 is 3.15 bits per heavy atom. The molecule has 1 fully saturated rings. The lowest BCUT2D eigenvalue weighted by molar-refractivity contribution is -0.121. The summed E-state index contributed by atoms with van der Waals surface area (Å²) < 4.78 is 14.9. The second-order valence-electron chi connectivity index (χ2n) is 6.93. The van der Waals surface area contributed by atoms with Gasteiger partial charge in [-0.15, -0.1) is 0 Å². The number of nitrogens with zero attached hydrogens (tertiary/aromatic N) is 3. The molecule has 1 aliphatic rings. The van der Waals surface area contributed by atoms with Crippen LogP contribution < -0.4 is 10.6 Å². The van der Waals surface area contributed by atoms with Crippen LogP contribution in [0.3, 0.4) is 0 Å². The topological polar surface area (TPSA) is 87.6 Å². The Morgan fingerprint density at radius 2 is 2.30 bits per heavy atom. The Balaban J connectivity index is 1.26. The van der Waals surface area contributed by atoms with Crippen molar-refractivity contribution in [2.24, 2.45) is 0 Å². The molecule has 0 spiro atoms. The largest absolute Gasteiger partial charge is 0.354 e. The van der Waals surface area contributed by atoms with Gasteiger partial charge in [0, 0.05) is 31.6 Å². The van der Waals surface area contributed by atoms with E-state index in [4.69, 9.17) is 0 Å². The fraction of sp³-hybridized carbons (Fsp3) is 0.421. The monoisotopic (exact) mass is 370 g/mol. The fourth-order valence-electron chi connectivity index (χ4n) is 3.46. The van der Waals surface area contributed by atoms with Gasteiger partial charge in [0.25, 0.3) is 0 Å².